The van der Waals surface area contributed by atoms with Crippen molar-refractivity contribution in [2.24, 2.45) is 5.73 Å². The number of unbranched alkanes of at least 4 members (excludes halogenated alkanes) is 14. The van der Waals surface area contributed by atoms with Crippen LogP contribution in [0, 0.1) is 0 Å². The Balaban J connectivity index is 3.04. The Bertz CT molecular complexity index is 249. The van der Waals surface area contributed by atoms with Crippen molar-refractivity contribution in [1.29, 1.82) is 0 Å². The summed E-state index contributed by atoms with van der Waals surface area (Å²) in [6.45, 7) is 2.27. The number of nitrogens with two attached hydrogens (primary N) is 1. The third kappa shape index (κ3) is 16.4. The van der Waals surface area contributed by atoms with Crippen molar-refractivity contribution in [1.82, 2.24) is 0 Å². The molecule has 0 bridgehead atoms. The van der Waals surface area contributed by atoms with Crippen molar-refractivity contribution < 1.29 is 8.76 Å². The summed E-state index contributed by atoms with van der Waals surface area (Å²) in [7, 11) is 0. The summed E-state index contributed by atoms with van der Waals surface area (Å²) < 4.78 is 21.1. The van der Waals surface area contributed by atoms with Crippen molar-refractivity contribution in [3.63, 3.8) is 0 Å². The maximum absolute atomic E-state index is 10.6. The van der Waals surface area contributed by atoms with Crippen LogP contribution in [-0.4, -0.2) is 14.1 Å². The Morgan fingerprint density at radius 2 is 1.05 bits per heavy atom. The van der Waals surface area contributed by atoms with Crippen molar-refractivity contribution in [2.45, 2.75) is 115 Å². The van der Waals surface area contributed by atoms with Gasteiger partial charge < -0.3 is 10.3 Å². The van der Waals surface area contributed by atoms with E-state index in [-0.39, 0.29) is 0 Å². The lowest BCUT2D eigenvalue weighted by Gasteiger charge is -2.13. The summed E-state index contributed by atoms with van der Waals surface area (Å²) in [5.74, 6) is 0. The minimum Gasteiger partial charge on any atom is -0.771 e. The Hall–Kier alpha value is 0.0700. The van der Waals surface area contributed by atoms with Gasteiger partial charge in [0.15, 0.2) is 0 Å². The molecule has 0 aliphatic carbocycles. The third-order valence-corrected chi connectivity index (χ3v) is 5.07. The van der Waals surface area contributed by atoms with Crippen LogP contribution in [0.5, 0.6) is 0 Å². The highest BCUT2D eigenvalue weighted by molar-refractivity contribution is 7.79. The van der Waals surface area contributed by atoms with E-state index in [1.807, 2.05) is 0 Å². The standard InChI is InChI=1S/C18H39NO2S/c1-2-3-4-5-6-7-8-9-10-11-12-13-14-15-16-17-18(19)22(20)21/h18H,2-17,19H2,1H3,(H,20,21)/p-1. The van der Waals surface area contributed by atoms with E-state index < -0.39 is 16.5 Å². The van der Waals surface area contributed by atoms with E-state index in [4.69, 9.17) is 5.73 Å². The Morgan fingerprint density at radius 3 is 1.36 bits per heavy atom. The molecule has 4 heteroatoms. The third-order valence-electron chi connectivity index (χ3n) is 4.34. The molecule has 3 nitrogen and oxygen atoms in total. The summed E-state index contributed by atoms with van der Waals surface area (Å²) in [6, 6.07) is 0. The normalized spacial score (nSPS) is 14.1. The average molecular weight is 333 g/mol. The smallest absolute Gasteiger partial charge is 0.0676 e. The molecule has 0 amide bonds. The molecule has 0 rings (SSSR count). The van der Waals surface area contributed by atoms with Crippen LogP contribution in [0.3, 0.4) is 0 Å². The summed E-state index contributed by atoms with van der Waals surface area (Å²) in [5, 5.41) is -0.665. The SMILES string of the molecule is CCCCCCCCCCCCCCCCCC(N)S(=O)[O-]. The van der Waals surface area contributed by atoms with Gasteiger partial charge in [0.05, 0.1) is 5.37 Å². The van der Waals surface area contributed by atoms with Gasteiger partial charge in [0, 0.05) is 0 Å². The fraction of sp³-hybridized carbons (Fsp3) is 1.00. The van der Waals surface area contributed by atoms with Crippen molar-refractivity contribution >= 4 is 11.1 Å². The Kier molecular flexibility index (Phi) is 17.5. The van der Waals surface area contributed by atoms with Gasteiger partial charge in [-0.05, 0) is 17.5 Å². The maximum Gasteiger partial charge on any atom is 0.0676 e. The van der Waals surface area contributed by atoms with Crippen LogP contribution in [0.1, 0.15) is 110 Å². The van der Waals surface area contributed by atoms with Gasteiger partial charge in [-0.25, -0.2) is 0 Å². The van der Waals surface area contributed by atoms with Crippen LogP contribution in [0.4, 0.5) is 0 Å². The lowest BCUT2D eigenvalue weighted by molar-refractivity contribution is 0.504. The maximum atomic E-state index is 10.6. The quantitative estimate of drug-likeness (QED) is 0.286. The lowest BCUT2D eigenvalue weighted by Crippen LogP contribution is -2.25. The van der Waals surface area contributed by atoms with Gasteiger partial charge in [0.1, 0.15) is 0 Å². The van der Waals surface area contributed by atoms with Crippen LogP contribution in [-0.2, 0) is 11.1 Å². The zero-order valence-corrected chi connectivity index (χ0v) is 15.5. The van der Waals surface area contributed by atoms with E-state index in [9.17, 15) is 8.76 Å². The molecule has 2 unspecified atom stereocenters. The number of hydrogen-bond acceptors (Lipinski definition) is 3. The van der Waals surface area contributed by atoms with Crippen LogP contribution in [0.2, 0.25) is 0 Å². The molecule has 0 heterocycles. The fourth-order valence-corrected chi connectivity index (χ4v) is 3.17. The minimum absolute atomic E-state index is 0.606. The molecular formula is C18H38NO2S-. The van der Waals surface area contributed by atoms with Gasteiger partial charge in [-0.1, -0.05) is 103 Å². The minimum atomic E-state index is -2.10. The van der Waals surface area contributed by atoms with E-state index in [2.05, 4.69) is 6.92 Å². The highest BCUT2D eigenvalue weighted by atomic mass is 32.2. The molecule has 0 saturated heterocycles. The van der Waals surface area contributed by atoms with Gasteiger partial charge in [-0.15, -0.1) is 0 Å². The lowest BCUT2D eigenvalue weighted by atomic mass is 10.0. The van der Waals surface area contributed by atoms with Crippen molar-refractivity contribution in [3.8, 4) is 0 Å². The summed E-state index contributed by atoms with van der Waals surface area (Å²) in [4.78, 5) is 0. The predicted octanol–water partition coefficient (Wildman–Crippen LogP) is 5.41. The molecule has 0 aromatic carbocycles. The second-order valence-corrected chi connectivity index (χ2v) is 7.66. The number of hydrogen-bond donors (Lipinski definition) is 1. The molecule has 2 N–H and O–H groups in total. The van der Waals surface area contributed by atoms with Gasteiger partial charge in [0.2, 0.25) is 0 Å². The molecule has 0 aromatic rings. The van der Waals surface area contributed by atoms with Gasteiger partial charge >= 0.3 is 0 Å². The van der Waals surface area contributed by atoms with Crippen molar-refractivity contribution in [2.75, 3.05) is 0 Å². The van der Waals surface area contributed by atoms with E-state index in [1.165, 1.54) is 83.5 Å². The zero-order chi connectivity index (χ0) is 16.5. The molecule has 0 spiro atoms. The fourth-order valence-electron chi connectivity index (χ4n) is 2.81. The largest absolute Gasteiger partial charge is 0.771 e. The molecule has 22 heavy (non-hydrogen) atoms. The second kappa shape index (κ2) is 17.4. The van der Waals surface area contributed by atoms with Crippen LogP contribution >= 0.6 is 0 Å². The first-order valence-corrected chi connectivity index (χ1v) is 10.7. The molecule has 0 aliphatic rings. The number of rotatable bonds is 17. The zero-order valence-electron chi connectivity index (χ0n) is 14.7. The molecule has 0 saturated carbocycles. The first kappa shape index (κ1) is 22.1. The van der Waals surface area contributed by atoms with E-state index >= 15 is 0 Å². The topological polar surface area (TPSA) is 66.2 Å². The van der Waals surface area contributed by atoms with Gasteiger partial charge in [-0.3, -0.25) is 4.21 Å². The van der Waals surface area contributed by atoms with E-state index in [0.29, 0.717) is 6.42 Å². The molecule has 0 radical (unpaired) electrons. The predicted molar refractivity (Wildman–Crippen MR) is 96.4 cm³/mol. The molecule has 0 fully saturated rings. The summed E-state index contributed by atoms with van der Waals surface area (Å²) in [5.41, 5.74) is 5.46. The summed E-state index contributed by atoms with van der Waals surface area (Å²) >= 11 is -2.10. The van der Waals surface area contributed by atoms with Crippen LogP contribution < -0.4 is 5.73 Å². The molecule has 0 aromatic heterocycles. The van der Waals surface area contributed by atoms with E-state index in [0.717, 1.165) is 12.8 Å². The Morgan fingerprint density at radius 1 is 0.727 bits per heavy atom. The van der Waals surface area contributed by atoms with Crippen LogP contribution in [0.15, 0.2) is 0 Å². The monoisotopic (exact) mass is 332 g/mol. The average Bonchev–Trinajstić information content (AvgIpc) is 2.50. The van der Waals surface area contributed by atoms with Gasteiger partial charge in [0.25, 0.3) is 0 Å². The van der Waals surface area contributed by atoms with Crippen LogP contribution in [0.25, 0.3) is 0 Å². The molecule has 134 valence electrons. The van der Waals surface area contributed by atoms with Gasteiger partial charge in [-0.2, -0.15) is 0 Å². The molecule has 0 aliphatic heterocycles. The Labute approximate surface area is 141 Å². The van der Waals surface area contributed by atoms with E-state index in [1.54, 1.807) is 0 Å². The van der Waals surface area contributed by atoms with Crippen molar-refractivity contribution in [3.05, 3.63) is 0 Å². The molecular weight excluding hydrogens is 294 g/mol. The first-order chi connectivity index (χ1) is 10.7. The molecule has 2 atom stereocenters. The first-order valence-electron chi connectivity index (χ1n) is 9.52. The second-order valence-electron chi connectivity index (χ2n) is 6.54. The highest BCUT2D eigenvalue weighted by Gasteiger charge is 2.01. The highest BCUT2D eigenvalue weighted by Crippen LogP contribution is 2.14. The summed E-state index contributed by atoms with van der Waals surface area (Å²) in [6.07, 6.45) is 20.5.